The molecule has 2 aliphatic rings. The fraction of sp³-hybridized carbons (Fsp3) is 0.516. The minimum atomic E-state index is -1.96. The number of urea groups is 2. The first kappa shape index (κ1) is 119. The van der Waals surface area contributed by atoms with Crippen LogP contribution < -0.4 is 147 Å². The van der Waals surface area contributed by atoms with Gasteiger partial charge < -0.3 is 167 Å². The van der Waals surface area contributed by atoms with Crippen molar-refractivity contribution in [3.63, 3.8) is 0 Å². The number of hydrogen-bond donors (Lipinski definition) is 34. The molecule has 0 radical (unpaired) electrons. The summed E-state index contributed by atoms with van der Waals surface area (Å²) in [7, 11) is 1.44. The van der Waals surface area contributed by atoms with Crippen LogP contribution in [0, 0.1) is 21.6 Å². The van der Waals surface area contributed by atoms with Gasteiger partial charge in [0, 0.05) is 89.9 Å². The SMILES string of the molecule is CC(=O)N[C@@H](CCCNC(=N)N)C(=O)N[C@@H](CCCNC(=N)N)C(=O)N[C@@H](Cc1ccc2ccccc2c1)C(=O)N[C@H]1CSSCC(C(=O)N[C@@H](CCCNC(=N)N)C(N)=O)NC(=O)[C@H](CCCNC(N)=O)NC(=O)C(CCCNC(=N)N)NC(=O)[C@H](Cc2ccc(O)cc2)NC(=O)[C@@H]2CCCN2C(=O)C(CCC(=O)O)NC(=O)[C@H](CCCCN)NC(=O)C(CCCNC(N)=O)NC(=O)[C@H](Cc2ccc(O)cc2)NC1=O. The topological polar surface area (TPSA) is 903 Å². The highest BCUT2D eigenvalue weighted by Gasteiger charge is 2.43. The highest BCUT2D eigenvalue weighted by atomic mass is 33.1. The Morgan fingerprint density at radius 3 is 1.29 bits per heavy atom. The van der Waals surface area contributed by atoms with Crippen molar-refractivity contribution in [2.75, 3.05) is 63.9 Å². The Morgan fingerprint density at radius 2 is 0.829 bits per heavy atom. The number of carboxylic acid groups (broad SMARTS) is 1. The molecular formula is C91H138N32O21S2. The predicted octanol–water partition coefficient (Wildman–Crippen LogP) is -6.58. The lowest BCUT2D eigenvalue weighted by atomic mass is 10.00. The van der Waals surface area contributed by atoms with E-state index >= 15 is 57.5 Å². The summed E-state index contributed by atoms with van der Waals surface area (Å²) in [5.74, 6) is -20.8. The lowest BCUT2D eigenvalue weighted by molar-refractivity contribution is -0.143. The van der Waals surface area contributed by atoms with Gasteiger partial charge in [-0.25, -0.2) is 9.59 Å². The number of aliphatic carboxylic acids is 1. The summed E-state index contributed by atoms with van der Waals surface area (Å²) in [5.41, 5.74) is 46.0. The van der Waals surface area contributed by atoms with Gasteiger partial charge in [-0.05, 0) is 174 Å². The minimum Gasteiger partial charge on any atom is -0.508 e. The van der Waals surface area contributed by atoms with Crippen molar-refractivity contribution in [2.45, 2.75) is 233 Å². The molecule has 4 aromatic carbocycles. The first-order valence-corrected chi connectivity index (χ1v) is 50.1. The quantitative estimate of drug-likeness (QED) is 0.00846. The Kier molecular flexibility index (Phi) is 51.3. The van der Waals surface area contributed by atoms with Crippen molar-refractivity contribution in [3.05, 3.63) is 108 Å². The summed E-state index contributed by atoms with van der Waals surface area (Å²) in [5, 5.41) is 113. The van der Waals surface area contributed by atoms with Gasteiger partial charge in [-0.2, -0.15) is 0 Å². The molecular weight excluding hydrogens is 1940 g/mol. The Labute approximate surface area is 849 Å². The van der Waals surface area contributed by atoms with Crippen molar-refractivity contribution in [1.82, 2.24) is 106 Å². The number of carboxylic acids is 1. The van der Waals surface area contributed by atoms with E-state index in [2.05, 4.69) is 101 Å². The number of primary amides is 3. The van der Waals surface area contributed by atoms with Gasteiger partial charge in [-0.3, -0.25) is 98.3 Å². The number of fused-ring (bicyclic) bond motifs is 2. The summed E-state index contributed by atoms with van der Waals surface area (Å²) in [6.45, 7) is 0.442. The average Bonchev–Trinajstić information content (AvgIpc) is 1.58. The number of unbranched alkanes of at least 4 members (excludes halogenated alkanes) is 1. The highest BCUT2D eigenvalue weighted by molar-refractivity contribution is 8.76. The Balaban J connectivity index is 1.63. The molecule has 0 aromatic heterocycles. The van der Waals surface area contributed by atoms with E-state index in [1.165, 1.54) is 48.5 Å². The molecule has 6 rings (SSSR count). The van der Waals surface area contributed by atoms with Gasteiger partial charge in [-0.15, -0.1) is 0 Å². The van der Waals surface area contributed by atoms with Gasteiger partial charge in [0.1, 0.15) is 96.1 Å². The molecule has 4 unspecified atom stereocenters. The second-order valence-corrected chi connectivity index (χ2v) is 37.3. The van der Waals surface area contributed by atoms with Gasteiger partial charge >= 0.3 is 18.0 Å². The van der Waals surface area contributed by atoms with Crippen molar-refractivity contribution in [2.24, 2.45) is 45.9 Å². The van der Waals surface area contributed by atoms with Crippen LogP contribution >= 0.6 is 21.6 Å². The van der Waals surface area contributed by atoms with Crippen LogP contribution in [0.5, 0.6) is 11.5 Å². The molecule has 0 spiro atoms. The van der Waals surface area contributed by atoms with Gasteiger partial charge in [0.15, 0.2) is 23.8 Å². The normalized spacial score (nSPS) is 20.0. The molecule has 2 fully saturated rings. The Hall–Kier alpha value is -15.5. The molecule has 53 nitrogen and oxygen atoms in total. The third-order valence-electron chi connectivity index (χ3n) is 23.2. The maximum absolute atomic E-state index is 16.1. The summed E-state index contributed by atoms with van der Waals surface area (Å²) >= 11 is 0. The van der Waals surface area contributed by atoms with E-state index in [4.69, 9.17) is 67.5 Å². The number of rotatable bonds is 47. The standard InChI is InChI=1S/C91H138N32O21S2/c1-49(124)110-58(17-7-37-105-87(96)97)73(130)113-62(19-9-39-107-89(100)101)77(134)118-67(46-52-23-28-53-13-2-3-14-54(53)43-52)81(138)122-69-48-146-145-47-68(82(139)111-57(72(93)129)16-6-36-104-86(94)95)121-78(135)63(21-11-41-109-91(103)144)114-75(132)60(18-8-38-106-88(98)99)116-80(137)66(45-51-26-31-56(126)32-27-51)120-84(141)70-22-12-42-123(70)85(142)64(33-34-71(127)128)117-76(133)59(15-4-5-35-92)112-74(131)61(20-10-40-108-90(102)143)115-79(136)65(119-83(69)140)44-50-24-29-55(125)30-25-50/h2-3,13-14,23-32,43,57-70,125-126H,4-12,15-22,33-42,44-48,92H2,1H3,(H2,93,129)(H,110,124)(H,111,139)(H,112,131)(H,113,130)(H,114,132)(H,115,136)(H,116,137)(H,117,133)(H,118,134)(H,119,140)(H,120,141)(H,121,135)(H,122,138)(H,127,128)(H4,94,95,104)(H4,96,97,105)(H4,98,99,106)(H4,100,101,107)(H3,102,108,143)(H3,103,109,144)/t57-,58-,59-,60?,61?,62-,63-,64?,65-,66-,67-,68?,69-,70-/m0/s1. The molecule has 19 amide bonds. The van der Waals surface area contributed by atoms with Crippen molar-refractivity contribution < 1.29 is 102 Å². The van der Waals surface area contributed by atoms with E-state index in [1.807, 2.05) is 0 Å². The number of amides is 19. The van der Waals surface area contributed by atoms with E-state index in [1.54, 1.807) is 42.5 Å². The van der Waals surface area contributed by atoms with E-state index < -0.39 is 266 Å². The molecule has 4 aromatic rings. The molecule has 55 heteroatoms. The molecule has 0 saturated carbocycles. The van der Waals surface area contributed by atoms with E-state index in [-0.39, 0.29) is 172 Å². The second-order valence-electron chi connectivity index (χ2n) is 34.8. The number of nitrogens with one attached hydrogen (secondary N) is 23. The third-order valence-corrected chi connectivity index (χ3v) is 25.6. The van der Waals surface area contributed by atoms with Crippen molar-refractivity contribution in [3.8, 4) is 11.5 Å². The van der Waals surface area contributed by atoms with E-state index in [0.717, 1.165) is 38.8 Å². The van der Waals surface area contributed by atoms with Crippen molar-refractivity contribution >= 4 is 163 Å². The summed E-state index contributed by atoms with van der Waals surface area (Å²) in [6, 6.07) is -3.00. The first-order valence-electron chi connectivity index (χ1n) is 47.6. The van der Waals surface area contributed by atoms with Crippen LogP contribution in [-0.4, -0.2) is 299 Å². The highest BCUT2D eigenvalue weighted by Crippen LogP contribution is 2.27. The van der Waals surface area contributed by atoms with E-state index in [9.17, 15) is 44.1 Å². The van der Waals surface area contributed by atoms with Gasteiger partial charge in [0.05, 0.1) is 0 Å². The van der Waals surface area contributed by atoms with Crippen LogP contribution in [0.2, 0.25) is 0 Å². The molecule has 800 valence electrons. The van der Waals surface area contributed by atoms with Crippen LogP contribution in [-0.2, 0) is 96.0 Å². The summed E-state index contributed by atoms with van der Waals surface area (Å²) < 4.78 is 0. The molecule has 42 N–H and O–H groups in total. The van der Waals surface area contributed by atoms with Gasteiger partial charge in [0.2, 0.25) is 88.6 Å². The van der Waals surface area contributed by atoms with Crippen LogP contribution in [0.3, 0.4) is 0 Å². The molecule has 146 heavy (non-hydrogen) atoms. The van der Waals surface area contributed by atoms with Gasteiger partial charge in [0.25, 0.3) is 0 Å². The lowest BCUT2D eigenvalue weighted by Crippen LogP contribution is -2.61. The Bertz CT molecular complexity index is 5190. The molecule has 2 heterocycles. The second kappa shape index (κ2) is 62.8. The first-order chi connectivity index (χ1) is 69.5. The molecule has 0 aliphatic carbocycles. The molecule has 2 aliphatic heterocycles. The fourth-order valence-corrected chi connectivity index (χ4v) is 18.0. The Morgan fingerprint density at radius 1 is 0.425 bits per heavy atom. The average molecular weight is 2080 g/mol. The number of nitrogens with two attached hydrogens (primary N) is 8. The maximum atomic E-state index is 16.1. The molecule has 14 atom stereocenters. The number of guanidine groups is 4. The molecule has 0 bridgehead atoms. The number of nitrogens with zero attached hydrogens (tertiary/aromatic N) is 1. The largest absolute Gasteiger partial charge is 0.508 e. The van der Waals surface area contributed by atoms with Crippen LogP contribution in [0.1, 0.15) is 146 Å². The number of carbonyl (C=O) groups excluding carboxylic acids is 17. The smallest absolute Gasteiger partial charge is 0.312 e. The minimum absolute atomic E-state index is 0.0129. The number of hydrogen-bond acceptors (Lipinski definition) is 27. The van der Waals surface area contributed by atoms with Gasteiger partial charge in [-0.1, -0.05) is 88.3 Å². The number of benzene rings is 4. The fourth-order valence-electron chi connectivity index (χ4n) is 15.6. The number of aromatic hydroxyl groups is 2. The lowest BCUT2D eigenvalue weighted by Gasteiger charge is -2.31. The third kappa shape index (κ3) is 44.2. The van der Waals surface area contributed by atoms with Crippen LogP contribution in [0.4, 0.5) is 9.59 Å². The van der Waals surface area contributed by atoms with E-state index in [0.29, 0.717) is 16.5 Å². The predicted molar refractivity (Wildman–Crippen MR) is 541 cm³/mol. The molecule has 2 saturated heterocycles. The summed E-state index contributed by atoms with van der Waals surface area (Å²) in [4.78, 5) is 264. The number of carbonyl (C=O) groups is 18. The monoisotopic (exact) mass is 2080 g/mol. The van der Waals surface area contributed by atoms with Crippen LogP contribution in [0.15, 0.2) is 91.0 Å². The van der Waals surface area contributed by atoms with Crippen LogP contribution in [0.25, 0.3) is 10.8 Å². The van der Waals surface area contributed by atoms with Crippen molar-refractivity contribution in [1.29, 1.82) is 21.6 Å². The number of phenols is 2. The zero-order chi connectivity index (χ0) is 107. The zero-order valence-corrected chi connectivity index (χ0v) is 82.6. The number of phenolic OH excluding ortho intramolecular Hbond substituents is 2. The maximum Gasteiger partial charge on any atom is 0.312 e. The summed E-state index contributed by atoms with van der Waals surface area (Å²) in [6.07, 6.45) is -4.49. The zero-order valence-electron chi connectivity index (χ0n) is 80.9.